The average Bonchev–Trinajstić information content (AvgIpc) is 2.82. The highest BCUT2D eigenvalue weighted by Gasteiger charge is 2.36. The zero-order chi connectivity index (χ0) is 22.2. The Bertz CT molecular complexity index is 978. The van der Waals surface area contributed by atoms with Crippen LogP contribution in [0.15, 0.2) is 79.0 Å². The van der Waals surface area contributed by atoms with E-state index in [-0.39, 0.29) is 11.3 Å². The normalized spacial score (nSPS) is 15.9. The highest BCUT2D eigenvalue weighted by atomic mass is 16.1. The van der Waals surface area contributed by atoms with E-state index in [0.717, 1.165) is 44.6 Å². The molecule has 1 aliphatic heterocycles. The van der Waals surface area contributed by atoms with Gasteiger partial charge in [0, 0.05) is 36.5 Å². The quantitative estimate of drug-likeness (QED) is 0.509. The molecule has 0 unspecified atom stereocenters. The number of hydrogen-bond donors (Lipinski definition) is 1. The lowest BCUT2D eigenvalue weighted by molar-refractivity contribution is -0.114. The predicted octanol–water partition coefficient (Wildman–Crippen LogP) is 5.60. The zero-order valence-electron chi connectivity index (χ0n) is 19.0. The van der Waals surface area contributed by atoms with Crippen LogP contribution in [0.2, 0.25) is 0 Å². The van der Waals surface area contributed by atoms with E-state index in [0.29, 0.717) is 0 Å². The molecule has 4 nitrogen and oxygen atoms in total. The zero-order valence-corrected chi connectivity index (χ0v) is 19.0. The number of aromatic nitrogens is 1. The van der Waals surface area contributed by atoms with Gasteiger partial charge < -0.3 is 5.32 Å². The molecule has 166 valence electrons. The Morgan fingerprint density at radius 2 is 1.66 bits per heavy atom. The van der Waals surface area contributed by atoms with Crippen LogP contribution in [0.3, 0.4) is 0 Å². The van der Waals surface area contributed by atoms with Crippen LogP contribution in [0.5, 0.6) is 0 Å². The molecule has 1 aliphatic rings. The van der Waals surface area contributed by atoms with Crippen LogP contribution in [0, 0.1) is 0 Å². The van der Waals surface area contributed by atoms with Crippen molar-refractivity contribution in [2.24, 2.45) is 0 Å². The second kappa shape index (κ2) is 10.6. The molecular weight excluding hydrogens is 394 g/mol. The maximum Gasteiger partial charge on any atom is 0.221 e. The molecule has 4 rings (SSSR count). The number of nitrogens with one attached hydrogen (secondary N) is 1. The molecule has 0 saturated carbocycles. The van der Waals surface area contributed by atoms with Crippen molar-refractivity contribution in [3.63, 3.8) is 0 Å². The number of rotatable bonds is 8. The number of anilines is 1. The average molecular weight is 428 g/mol. The second-order valence-corrected chi connectivity index (χ2v) is 8.99. The van der Waals surface area contributed by atoms with E-state index in [9.17, 15) is 4.79 Å². The monoisotopic (exact) mass is 427 g/mol. The number of pyridine rings is 1. The lowest BCUT2D eigenvalue weighted by atomic mass is 9.71. The SMILES string of the molecule is CC(=O)Nc1ccc(CN2CCC(CCCc3ccccc3)(c3ccccn3)CC2)cc1. The van der Waals surface area contributed by atoms with Crippen molar-refractivity contribution < 1.29 is 4.79 Å². The van der Waals surface area contributed by atoms with Gasteiger partial charge in [-0.05, 0) is 80.6 Å². The highest BCUT2D eigenvalue weighted by Crippen LogP contribution is 2.39. The fourth-order valence-corrected chi connectivity index (χ4v) is 4.88. The van der Waals surface area contributed by atoms with Crippen LogP contribution in [-0.4, -0.2) is 28.9 Å². The third-order valence-electron chi connectivity index (χ3n) is 6.67. The van der Waals surface area contributed by atoms with Crippen molar-refractivity contribution in [2.75, 3.05) is 18.4 Å². The summed E-state index contributed by atoms with van der Waals surface area (Å²) in [7, 11) is 0. The number of carbonyl (C=O) groups is 1. The van der Waals surface area contributed by atoms with E-state index in [2.05, 4.69) is 64.8 Å². The number of aryl methyl sites for hydroxylation is 1. The van der Waals surface area contributed by atoms with E-state index >= 15 is 0 Å². The molecular formula is C28H33N3O. The first kappa shape index (κ1) is 22.2. The Morgan fingerprint density at radius 3 is 2.31 bits per heavy atom. The maximum absolute atomic E-state index is 11.2. The van der Waals surface area contributed by atoms with Crippen molar-refractivity contribution in [1.29, 1.82) is 0 Å². The second-order valence-electron chi connectivity index (χ2n) is 8.99. The number of likely N-dealkylation sites (tertiary alicyclic amines) is 1. The van der Waals surface area contributed by atoms with Crippen LogP contribution >= 0.6 is 0 Å². The van der Waals surface area contributed by atoms with Gasteiger partial charge in [-0.1, -0.05) is 48.5 Å². The number of nitrogens with zero attached hydrogens (tertiary/aromatic N) is 2. The van der Waals surface area contributed by atoms with E-state index in [4.69, 9.17) is 4.98 Å². The molecule has 32 heavy (non-hydrogen) atoms. The minimum atomic E-state index is -0.0353. The van der Waals surface area contributed by atoms with Gasteiger partial charge in [0.1, 0.15) is 0 Å². The van der Waals surface area contributed by atoms with Gasteiger partial charge >= 0.3 is 0 Å². The van der Waals surface area contributed by atoms with Gasteiger partial charge in [-0.25, -0.2) is 0 Å². The summed E-state index contributed by atoms with van der Waals surface area (Å²) in [5.74, 6) is -0.0353. The van der Waals surface area contributed by atoms with Crippen LogP contribution in [0.1, 0.15) is 49.4 Å². The van der Waals surface area contributed by atoms with Gasteiger partial charge in [0.25, 0.3) is 0 Å². The van der Waals surface area contributed by atoms with Crippen molar-refractivity contribution in [3.8, 4) is 0 Å². The molecule has 2 heterocycles. The Kier molecular flexibility index (Phi) is 7.33. The number of amides is 1. The number of carbonyl (C=O) groups excluding carboxylic acids is 1. The third kappa shape index (κ3) is 5.83. The van der Waals surface area contributed by atoms with Gasteiger partial charge in [0.15, 0.2) is 0 Å². The first-order valence-electron chi connectivity index (χ1n) is 11.7. The van der Waals surface area contributed by atoms with Crippen molar-refractivity contribution in [3.05, 3.63) is 95.8 Å². The lowest BCUT2D eigenvalue weighted by Crippen LogP contribution is -2.42. The molecule has 1 amide bonds. The Labute approximate surface area is 191 Å². The minimum absolute atomic E-state index is 0.0353. The number of benzene rings is 2. The topological polar surface area (TPSA) is 45.2 Å². The van der Waals surface area contributed by atoms with Gasteiger partial charge in [-0.15, -0.1) is 0 Å². The molecule has 1 aromatic heterocycles. The van der Waals surface area contributed by atoms with E-state index in [1.165, 1.54) is 36.6 Å². The minimum Gasteiger partial charge on any atom is -0.326 e. The summed E-state index contributed by atoms with van der Waals surface area (Å²) < 4.78 is 0. The first-order chi connectivity index (χ1) is 15.6. The fraction of sp³-hybridized carbons (Fsp3) is 0.357. The Hall–Kier alpha value is -2.98. The van der Waals surface area contributed by atoms with E-state index < -0.39 is 0 Å². The van der Waals surface area contributed by atoms with Crippen LogP contribution < -0.4 is 5.32 Å². The van der Waals surface area contributed by atoms with Crippen LogP contribution in [-0.2, 0) is 23.2 Å². The van der Waals surface area contributed by atoms with E-state index in [1.54, 1.807) is 0 Å². The predicted molar refractivity (Wildman–Crippen MR) is 131 cm³/mol. The highest BCUT2D eigenvalue weighted by molar-refractivity contribution is 5.88. The fourth-order valence-electron chi connectivity index (χ4n) is 4.88. The standard InChI is InChI=1S/C28H33N3O/c1-23(32)30-26-14-12-25(13-15-26)22-31-20-17-28(18-21-31,27-11-5-6-19-29-27)16-7-10-24-8-3-2-4-9-24/h2-6,8-9,11-15,19H,7,10,16-18,20-22H2,1H3,(H,30,32). The van der Waals surface area contributed by atoms with Gasteiger partial charge in [-0.2, -0.15) is 0 Å². The molecule has 4 heteroatoms. The summed E-state index contributed by atoms with van der Waals surface area (Å²) in [6, 6.07) is 25.4. The summed E-state index contributed by atoms with van der Waals surface area (Å²) in [6.07, 6.45) is 7.71. The van der Waals surface area contributed by atoms with Crippen molar-refractivity contribution >= 4 is 11.6 Å². The molecule has 0 bridgehead atoms. The molecule has 1 N–H and O–H groups in total. The Balaban J connectivity index is 1.38. The largest absolute Gasteiger partial charge is 0.326 e. The smallest absolute Gasteiger partial charge is 0.221 e. The van der Waals surface area contributed by atoms with Crippen molar-refractivity contribution in [1.82, 2.24) is 9.88 Å². The molecule has 0 radical (unpaired) electrons. The Morgan fingerprint density at radius 1 is 0.938 bits per heavy atom. The summed E-state index contributed by atoms with van der Waals surface area (Å²) >= 11 is 0. The number of hydrogen-bond acceptors (Lipinski definition) is 3. The molecule has 2 aromatic carbocycles. The lowest BCUT2D eigenvalue weighted by Gasteiger charge is -2.42. The summed E-state index contributed by atoms with van der Waals surface area (Å²) in [5, 5.41) is 2.84. The molecule has 1 saturated heterocycles. The first-order valence-corrected chi connectivity index (χ1v) is 11.7. The van der Waals surface area contributed by atoms with E-state index in [1.807, 2.05) is 24.4 Å². The molecule has 3 aromatic rings. The molecule has 0 aliphatic carbocycles. The molecule has 0 atom stereocenters. The van der Waals surface area contributed by atoms with Gasteiger partial charge in [-0.3, -0.25) is 14.7 Å². The van der Waals surface area contributed by atoms with Gasteiger partial charge in [0.2, 0.25) is 5.91 Å². The third-order valence-corrected chi connectivity index (χ3v) is 6.67. The summed E-state index contributed by atoms with van der Waals surface area (Å²) in [6.45, 7) is 4.64. The van der Waals surface area contributed by atoms with Crippen LogP contribution in [0.4, 0.5) is 5.69 Å². The summed E-state index contributed by atoms with van der Waals surface area (Å²) in [5.41, 5.74) is 4.99. The molecule has 1 fully saturated rings. The maximum atomic E-state index is 11.2. The van der Waals surface area contributed by atoms with Crippen molar-refractivity contribution in [2.45, 2.75) is 51.0 Å². The van der Waals surface area contributed by atoms with Gasteiger partial charge in [0.05, 0.1) is 0 Å². The van der Waals surface area contributed by atoms with Crippen LogP contribution in [0.25, 0.3) is 0 Å². The summed E-state index contributed by atoms with van der Waals surface area (Å²) in [4.78, 5) is 18.6. The number of piperidine rings is 1. The molecule has 0 spiro atoms.